The summed E-state index contributed by atoms with van der Waals surface area (Å²) in [6, 6.07) is 2.94. The van der Waals surface area contributed by atoms with E-state index in [1.165, 1.54) is 6.20 Å². The summed E-state index contributed by atoms with van der Waals surface area (Å²) in [6.07, 6.45) is -2.47. The van der Waals surface area contributed by atoms with E-state index in [9.17, 15) is 26.4 Å². The maximum absolute atomic E-state index is 13.7. The number of urea groups is 1. The minimum absolute atomic E-state index is 0.0165. The molecule has 7 nitrogen and oxygen atoms in total. The highest BCUT2D eigenvalue weighted by Gasteiger charge is 2.47. The molecule has 11 heteroatoms. The summed E-state index contributed by atoms with van der Waals surface area (Å²) in [7, 11) is -3.20. The van der Waals surface area contributed by atoms with E-state index in [1.807, 2.05) is 5.32 Å². The number of sulfone groups is 1. The Bertz CT molecular complexity index is 1050. The van der Waals surface area contributed by atoms with Gasteiger partial charge in [-0.25, -0.2) is 13.2 Å². The Morgan fingerprint density at radius 2 is 2.07 bits per heavy atom. The van der Waals surface area contributed by atoms with Crippen LogP contribution in [0, 0.1) is 0 Å². The van der Waals surface area contributed by atoms with Crippen LogP contribution in [-0.2, 0) is 14.6 Å². The van der Waals surface area contributed by atoms with Crippen molar-refractivity contribution in [1.82, 2.24) is 15.6 Å². The number of nitrogens with one attached hydrogen (secondary N) is 3. The van der Waals surface area contributed by atoms with Gasteiger partial charge >= 0.3 is 12.2 Å². The lowest BCUT2D eigenvalue weighted by atomic mass is 9.90. The van der Waals surface area contributed by atoms with E-state index >= 15 is 0 Å². The molecule has 2 aliphatic heterocycles. The number of rotatable bonds is 3. The minimum Gasteiger partial charge on any atom is -0.374 e. The Hall–Kier alpha value is -2.27. The number of benzene rings is 1. The third kappa shape index (κ3) is 4.27. The van der Waals surface area contributed by atoms with Gasteiger partial charge in [-0.2, -0.15) is 13.2 Å². The summed E-state index contributed by atoms with van der Waals surface area (Å²) in [5.74, 6) is -0.108. The van der Waals surface area contributed by atoms with Crippen LogP contribution in [0.25, 0.3) is 10.9 Å². The molecule has 0 saturated carbocycles. The van der Waals surface area contributed by atoms with Crippen molar-refractivity contribution in [1.29, 1.82) is 0 Å². The molecule has 0 radical (unpaired) electrons. The smallest absolute Gasteiger partial charge is 0.374 e. The van der Waals surface area contributed by atoms with Crippen molar-refractivity contribution in [3.63, 3.8) is 0 Å². The molecule has 1 spiro atoms. The highest BCUT2D eigenvalue weighted by atomic mass is 32.2. The number of carbonyl (C=O) groups excluding carboxylic acids is 1. The third-order valence-corrected chi connectivity index (χ3v) is 7.51. The summed E-state index contributed by atoms with van der Waals surface area (Å²) < 4.78 is 70.5. The Balaban J connectivity index is 1.47. The summed E-state index contributed by atoms with van der Waals surface area (Å²) in [4.78, 5) is 15.2. The van der Waals surface area contributed by atoms with Gasteiger partial charge in [0.15, 0.2) is 15.9 Å². The van der Waals surface area contributed by atoms with Crippen LogP contribution in [-0.4, -0.2) is 55.4 Å². The molecule has 3 N–H and O–H groups in total. The molecular weight excluding hydrogens is 423 g/mol. The Labute approximate surface area is 171 Å². The van der Waals surface area contributed by atoms with Gasteiger partial charge in [0.25, 0.3) is 0 Å². The Morgan fingerprint density at radius 3 is 2.77 bits per heavy atom. The number of ether oxygens (including phenoxy) is 1. The van der Waals surface area contributed by atoms with E-state index in [0.717, 1.165) is 0 Å². The molecule has 3 atom stereocenters. The van der Waals surface area contributed by atoms with Crippen molar-refractivity contribution >= 4 is 26.8 Å². The van der Waals surface area contributed by atoms with Gasteiger partial charge in [0.1, 0.15) is 0 Å². The summed E-state index contributed by atoms with van der Waals surface area (Å²) >= 11 is 0. The second kappa shape index (κ2) is 7.45. The average Bonchev–Trinajstić information content (AvgIpc) is 3.19. The van der Waals surface area contributed by atoms with Crippen molar-refractivity contribution in [2.75, 3.05) is 18.1 Å². The van der Waals surface area contributed by atoms with Crippen LogP contribution in [0.5, 0.6) is 0 Å². The molecule has 0 aliphatic carbocycles. The number of aromatic amines is 1. The predicted molar refractivity (Wildman–Crippen MR) is 104 cm³/mol. The summed E-state index contributed by atoms with van der Waals surface area (Å²) in [6.45, 7) is 0.242. The van der Waals surface area contributed by atoms with E-state index in [4.69, 9.17) is 4.74 Å². The van der Waals surface area contributed by atoms with Crippen LogP contribution >= 0.6 is 0 Å². The van der Waals surface area contributed by atoms with Crippen molar-refractivity contribution in [3.05, 3.63) is 36.0 Å². The topological polar surface area (TPSA) is 100 Å². The molecule has 3 unspecified atom stereocenters. The number of para-hydroxylation sites is 1. The maximum Gasteiger partial charge on any atom is 0.413 e. The molecule has 2 saturated heterocycles. The van der Waals surface area contributed by atoms with Crippen LogP contribution in [0.1, 0.15) is 30.9 Å². The number of hydrogen-bond donors (Lipinski definition) is 3. The molecule has 3 heterocycles. The van der Waals surface area contributed by atoms with Crippen LogP contribution in [0.3, 0.4) is 0 Å². The quantitative estimate of drug-likeness (QED) is 0.676. The molecule has 1 aromatic carbocycles. The lowest BCUT2D eigenvalue weighted by Crippen LogP contribution is -2.52. The van der Waals surface area contributed by atoms with Gasteiger partial charge in [-0.15, -0.1) is 0 Å². The molecule has 30 heavy (non-hydrogen) atoms. The second-order valence-corrected chi connectivity index (χ2v) is 10.1. The van der Waals surface area contributed by atoms with E-state index in [0.29, 0.717) is 23.7 Å². The highest BCUT2D eigenvalue weighted by Crippen LogP contribution is 2.37. The molecule has 0 bridgehead atoms. The predicted octanol–water partition coefficient (Wildman–Crippen LogP) is 2.81. The van der Waals surface area contributed by atoms with Crippen molar-refractivity contribution in [2.45, 2.75) is 43.1 Å². The summed E-state index contributed by atoms with van der Waals surface area (Å²) in [5.41, 5.74) is -0.397. The van der Waals surface area contributed by atoms with E-state index in [-0.39, 0.29) is 30.1 Å². The van der Waals surface area contributed by atoms with Gasteiger partial charge in [-0.05, 0) is 25.3 Å². The maximum atomic E-state index is 13.7. The van der Waals surface area contributed by atoms with Gasteiger partial charge in [-0.3, -0.25) is 0 Å². The average molecular weight is 445 g/mol. The van der Waals surface area contributed by atoms with Crippen molar-refractivity contribution in [3.8, 4) is 0 Å². The third-order valence-electron chi connectivity index (χ3n) is 5.71. The zero-order chi connectivity index (χ0) is 21.6. The first-order chi connectivity index (χ1) is 14.1. The van der Waals surface area contributed by atoms with Crippen LogP contribution < -0.4 is 10.6 Å². The molecule has 2 aromatic rings. The molecule has 4 rings (SSSR count). The van der Waals surface area contributed by atoms with Crippen LogP contribution in [0.2, 0.25) is 0 Å². The Kier molecular flexibility index (Phi) is 5.21. The minimum atomic E-state index is -4.70. The largest absolute Gasteiger partial charge is 0.413 e. The van der Waals surface area contributed by atoms with Gasteiger partial charge in [-0.1, -0.05) is 18.2 Å². The number of hydrogen-bond acceptors (Lipinski definition) is 4. The summed E-state index contributed by atoms with van der Waals surface area (Å²) in [5, 5.41) is 4.99. The van der Waals surface area contributed by atoms with Gasteiger partial charge in [0, 0.05) is 35.3 Å². The number of aromatic nitrogens is 1. The first-order valence-electron chi connectivity index (χ1n) is 9.61. The van der Waals surface area contributed by atoms with Gasteiger partial charge < -0.3 is 20.4 Å². The SMILES string of the molecule is O=C(NC1CCOC2(CCS(=O)(=O)C2)C1)NC(c1c[nH]c2ccccc12)C(F)(F)F. The zero-order valence-electron chi connectivity index (χ0n) is 16.0. The van der Waals surface area contributed by atoms with Crippen molar-refractivity contribution in [2.24, 2.45) is 0 Å². The van der Waals surface area contributed by atoms with Crippen LogP contribution in [0.4, 0.5) is 18.0 Å². The number of H-pyrrole nitrogens is 1. The fraction of sp³-hybridized carbons (Fsp3) is 0.526. The standard InChI is InChI=1S/C19H22F3N3O4S/c20-19(21,22)16(14-10-23-15-4-2-1-3-13(14)15)25-17(26)24-12-5-7-29-18(9-12)6-8-30(27,28)11-18/h1-4,10,12,16,23H,5-9,11H2,(H2,24,25,26). The molecule has 2 amide bonds. The molecule has 2 aliphatic rings. The number of amides is 2. The monoisotopic (exact) mass is 445 g/mol. The lowest BCUT2D eigenvalue weighted by Gasteiger charge is -2.37. The molecular formula is C19H22F3N3O4S. The number of alkyl halides is 3. The van der Waals surface area contributed by atoms with Gasteiger partial charge in [0.2, 0.25) is 0 Å². The second-order valence-electron chi connectivity index (χ2n) is 7.95. The molecule has 2 fully saturated rings. The fourth-order valence-corrected chi connectivity index (χ4v) is 6.31. The number of halogens is 3. The van der Waals surface area contributed by atoms with Gasteiger partial charge in [0.05, 0.1) is 17.1 Å². The molecule has 1 aromatic heterocycles. The van der Waals surface area contributed by atoms with Crippen molar-refractivity contribution < 1.29 is 31.1 Å². The zero-order valence-corrected chi connectivity index (χ0v) is 16.8. The molecule has 164 valence electrons. The van der Waals surface area contributed by atoms with Crippen LogP contribution in [0.15, 0.2) is 30.5 Å². The first-order valence-corrected chi connectivity index (χ1v) is 11.4. The number of fused-ring (bicyclic) bond motifs is 1. The van der Waals surface area contributed by atoms with E-state index in [2.05, 4.69) is 10.3 Å². The van der Waals surface area contributed by atoms with E-state index < -0.39 is 39.7 Å². The fourth-order valence-electron chi connectivity index (χ4n) is 4.34. The highest BCUT2D eigenvalue weighted by molar-refractivity contribution is 7.91. The normalized spacial score (nSPS) is 27.2. The van der Waals surface area contributed by atoms with E-state index in [1.54, 1.807) is 24.3 Å². The Morgan fingerprint density at radius 1 is 1.30 bits per heavy atom. The number of carbonyl (C=O) groups is 1. The first kappa shape index (κ1) is 21.0. The lowest BCUT2D eigenvalue weighted by molar-refractivity contribution is -0.154.